The molecule has 2 aromatic heterocycles. The van der Waals surface area contributed by atoms with Crippen LogP contribution in [0, 0.1) is 0 Å². The molecule has 0 unspecified atom stereocenters. The molecule has 0 saturated carbocycles. The van der Waals surface area contributed by atoms with Crippen molar-refractivity contribution in [2.24, 2.45) is 0 Å². The number of ether oxygens (including phenoxy) is 1. The normalized spacial score (nSPS) is 11.6. The van der Waals surface area contributed by atoms with Crippen LogP contribution in [0.25, 0.3) is 71.7 Å². The monoisotopic (exact) mass is 603 g/mol. The van der Waals surface area contributed by atoms with Crippen LogP contribution in [0.3, 0.4) is 0 Å². The molecule has 5 heteroatoms. The topological polar surface area (TPSA) is 47.5 Å². The SMILES string of the molecule is [B]c1c(Oc2cccc(-n3c4ccccc4c4ccccc43)c2)cccc1-c1cc(-c2cccc3c2oc2ccccc23)ccc1O. The number of para-hydroxylation sites is 4. The van der Waals surface area contributed by atoms with Gasteiger partial charge in [-0.2, -0.15) is 0 Å². The Bertz CT molecular complexity index is 2600. The highest BCUT2D eigenvalue weighted by Gasteiger charge is 2.17. The van der Waals surface area contributed by atoms with Crippen molar-refractivity contribution < 1.29 is 14.3 Å². The molecular weight excluding hydrogens is 577 g/mol. The van der Waals surface area contributed by atoms with Crippen molar-refractivity contribution in [1.82, 2.24) is 4.57 Å². The standard InChI is InChI=1S/C42H26BNO3/c43-41-33(35-24-26(22-23-38(35)45)29-15-8-17-34-32-14-3-6-20-39(32)47-42(29)34)16-9-21-40(41)46-28-11-7-10-27(25-28)44-36-18-4-1-12-30(36)31-13-2-5-19-37(31)44/h1-25,45H. The Kier molecular flexibility index (Phi) is 6.19. The van der Waals surface area contributed by atoms with E-state index in [0.717, 1.165) is 49.8 Å². The third-order valence-electron chi connectivity index (χ3n) is 8.95. The molecule has 47 heavy (non-hydrogen) atoms. The third-order valence-corrected chi connectivity index (χ3v) is 8.95. The molecule has 1 N–H and O–H groups in total. The zero-order valence-electron chi connectivity index (χ0n) is 25.2. The molecule has 0 fully saturated rings. The minimum Gasteiger partial charge on any atom is -0.507 e. The number of phenols is 1. The first-order chi connectivity index (χ1) is 23.1. The molecule has 0 aliphatic heterocycles. The maximum atomic E-state index is 11.1. The van der Waals surface area contributed by atoms with Crippen molar-refractivity contribution in [3.8, 4) is 45.2 Å². The van der Waals surface area contributed by atoms with Crippen LogP contribution in [0.2, 0.25) is 0 Å². The highest BCUT2D eigenvalue weighted by molar-refractivity contribution is 6.38. The summed E-state index contributed by atoms with van der Waals surface area (Å²) >= 11 is 0. The predicted molar refractivity (Wildman–Crippen MR) is 192 cm³/mol. The smallest absolute Gasteiger partial charge is 0.143 e. The van der Waals surface area contributed by atoms with Crippen LogP contribution in [0.15, 0.2) is 156 Å². The molecule has 0 atom stereocenters. The number of hydrogen-bond donors (Lipinski definition) is 1. The first kappa shape index (κ1) is 27.1. The zero-order chi connectivity index (χ0) is 31.5. The average Bonchev–Trinajstić information content (AvgIpc) is 3.66. The van der Waals surface area contributed by atoms with E-state index in [4.69, 9.17) is 17.0 Å². The first-order valence-corrected chi connectivity index (χ1v) is 15.5. The van der Waals surface area contributed by atoms with Gasteiger partial charge in [0.15, 0.2) is 0 Å². The Morgan fingerprint density at radius 2 is 1.21 bits per heavy atom. The number of aromatic nitrogens is 1. The summed E-state index contributed by atoms with van der Waals surface area (Å²) < 4.78 is 15.0. The number of hydrogen-bond acceptors (Lipinski definition) is 3. The summed E-state index contributed by atoms with van der Waals surface area (Å²) in [5.41, 5.74) is 8.45. The Hall–Kier alpha value is -6.20. The second kappa shape index (κ2) is 10.7. The maximum Gasteiger partial charge on any atom is 0.143 e. The summed E-state index contributed by atoms with van der Waals surface area (Å²) in [5.74, 6) is 1.29. The van der Waals surface area contributed by atoms with Crippen LogP contribution >= 0.6 is 0 Å². The van der Waals surface area contributed by atoms with Crippen molar-refractivity contribution >= 4 is 57.1 Å². The molecule has 7 aromatic carbocycles. The summed E-state index contributed by atoms with van der Waals surface area (Å²) in [4.78, 5) is 0. The van der Waals surface area contributed by atoms with E-state index in [1.54, 1.807) is 6.07 Å². The largest absolute Gasteiger partial charge is 0.507 e. The number of rotatable bonds is 5. The van der Waals surface area contributed by atoms with E-state index in [-0.39, 0.29) is 5.75 Å². The molecule has 0 aliphatic rings. The van der Waals surface area contributed by atoms with E-state index in [1.807, 2.05) is 78.9 Å². The van der Waals surface area contributed by atoms with Gasteiger partial charge in [0.1, 0.15) is 36.3 Å². The number of furan rings is 1. The van der Waals surface area contributed by atoms with E-state index >= 15 is 0 Å². The van der Waals surface area contributed by atoms with Crippen molar-refractivity contribution in [2.45, 2.75) is 0 Å². The van der Waals surface area contributed by atoms with Gasteiger partial charge in [-0.3, -0.25) is 0 Å². The van der Waals surface area contributed by atoms with Gasteiger partial charge in [0.25, 0.3) is 0 Å². The van der Waals surface area contributed by atoms with Crippen LogP contribution < -0.4 is 10.2 Å². The van der Waals surface area contributed by atoms with Crippen molar-refractivity contribution in [2.75, 3.05) is 0 Å². The molecule has 2 heterocycles. The fraction of sp³-hybridized carbons (Fsp3) is 0. The lowest BCUT2D eigenvalue weighted by Gasteiger charge is -2.16. The molecule has 4 nitrogen and oxygen atoms in total. The number of benzene rings is 7. The van der Waals surface area contributed by atoms with E-state index < -0.39 is 0 Å². The Balaban J connectivity index is 1.10. The van der Waals surface area contributed by atoms with Crippen molar-refractivity contribution in [3.63, 3.8) is 0 Å². The molecule has 0 spiro atoms. The third kappa shape index (κ3) is 4.39. The maximum absolute atomic E-state index is 11.1. The summed E-state index contributed by atoms with van der Waals surface area (Å²) in [6.45, 7) is 0. The summed E-state index contributed by atoms with van der Waals surface area (Å²) in [6.07, 6.45) is 0. The lowest BCUT2D eigenvalue weighted by molar-refractivity contribution is 0.477. The molecule has 9 aromatic rings. The molecule has 2 radical (unpaired) electrons. The molecule has 0 bridgehead atoms. The highest BCUT2D eigenvalue weighted by atomic mass is 16.5. The van der Waals surface area contributed by atoms with Crippen LogP contribution in [-0.2, 0) is 0 Å². The van der Waals surface area contributed by atoms with Gasteiger partial charge in [-0.05, 0) is 65.1 Å². The molecule has 0 aliphatic carbocycles. The Labute approximate surface area is 272 Å². The molecule has 0 saturated heterocycles. The minimum atomic E-state index is 0.128. The fourth-order valence-corrected chi connectivity index (χ4v) is 6.78. The van der Waals surface area contributed by atoms with Gasteiger partial charge in [-0.15, -0.1) is 0 Å². The average molecular weight is 603 g/mol. The van der Waals surface area contributed by atoms with Gasteiger partial charge in [-0.1, -0.05) is 97.1 Å². The Morgan fingerprint density at radius 1 is 0.553 bits per heavy atom. The molecular formula is C42H26BNO3. The molecule has 0 amide bonds. The first-order valence-electron chi connectivity index (χ1n) is 15.5. The predicted octanol–water partition coefficient (Wildman–Crippen LogP) is 10.3. The fourth-order valence-electron chi connectivity index (χ4n) is 6.78. The zero-order valence-corrected chi connectivity index (χ0v) is 25.2. The summed E-state index contributed by atoms with van der Waals surface area (Å²) in [6, 6.07) is 50.2. The van der Waals surface area contributed by atoms with Gasteiger partial charge in [-0.25, -0.2) is 0 Å². The number of fused-ring (bicyclic) bond motifs is 6. The van der Waals surface area contributed by atoms with Crippen LogP contribution in [0.4, 0.5) is 0 Å². The van der Waals surface area contributed by atoms with Gasteiger partial charge in [0, 0.05) is 44.4 Å². The quantitative estimate of drug-likeness (QED) is 0.199. The Morgan fingerprint density at radius 3 is 2.02 bits per heavy atom. The lowest BCUT2D eigenvalue weighted by atomic mass is 9.85. The summed E-state index contributed by atoms with van der Waals surface area (Å²) in [7, 11) is 6.78. The number of phenolic OH excluding ortho intramolecular Hbond substituents is 1. The molecule has 9 rings (SSSR count). The van der Waals surface area contributed by atoms with Crippen LogP contribution in [-0.4, -0.2) is 17.5 Å². The van der Waals surface area contributed by atoms with Crippen molar-refractivity contribution in [3.05, 3.63) is 152 Å². The second-order valence-corrected chi connectivity index (χ2v) is 11.7. The minimum absolute atomic E-state index is 0.128. The van der Waals surface area contributed by atoms with Crippen molar-refractivity contribution in [1.29, 1.82) is 0 Å². The van der Waals surface area contributed by atoms with Crippen LogP contribution in [0.5, 0.6) is 17.2 Å². The van der Waals surface area contributed by atoms with E-state index in [0.29, 0.717) is 28.1 Å². The van der Waals surface area contributed by atoms with Gasteiger partial charge in [0.05, 0.1) is 11.0 Å². The lowest BCUT2D eigenvalue weighted by Crippen LogP contribution is -2.10. The van der Waals surface area contributed by atoms with Gasteiger partial charge < -0.3 is 18.8 Å². The van der Waals surface area contributed by atoms with E-state index in [2.05, 4.69) is 71.3 Å². The highest BCUT2D eigenvalue weighted by Crippen LogP contribution is 2.40. The number of aromatic hydroxyl groups is 1. The second-order valence-electron chi connectivity index (χ2n) is 11.7. The number of nitrogens with zero attached hydrogens (tertiary/aromatic N) is 1. The van der Waals surface area contributed by atoms with E-state index in [1.165, 1.54) is 10.8 Å². The summed E-state index contributed by atoms with van der Waals surface area (Å²) in [5, 5.41) is 15.6. The van der Waals surface area contributed by atoms with Gasteiger partial charge >= 0.3 is 0 Å². The van der Waals surface area contributed by atoms with E-state index in [9.17, 15) is 5.11 Å². The van der Waals surface area contributed by atoms with Gasteiger partial charge in [0.2, 0.25) is 0 Å². The van der Waals surface area contributed by atoms with Crippen LogP contribution in [0.1, 0.15) is 0 Å². The molecule has 220 valence electrons.